The molecule has 0 aromatic heterocycles. The van der Waals surface area contributed by atoms with Crippen LogP contribution in [0.1, 0.15) is 86.0 Å². The summed E-state index contributed by atoms with van der Waals surface area (Å²) in [5, 5.41) is 6.33. The van der Waals surface area contributed by atoms with E-state index in [0.29, 0.717) is 23.9 Å². The first-order chi connectivity index (χ1) is 22.6. The van der Waals surface area contributed by atoms with Crippen molar-refractivity contribution in [3.63, 3.8) is 0 Å². The van der Waals surface area contributed by atoms with Crippen molar-refractivity contribution in [3.8, 4) is 0 Å². The lowest BCUT2D eigenvalue weighted by Crippen LogP contribution is -2.35. The molecule has 4 fully saturated rings. The third kappa shape index (κ3) is 9.57. The first kappa shape index (κ1) is 35.3. The molecule has 5 aliphatic rings. The van der Waals surface area contributed by atoms with Gasteiger partial charge in [-0.1, -0.05) is 78.3 Å². The second kappa shape index (κ2) is 16.4. The average Bonchev–Trinajstić information content (AvgIpc) is 3.84. The summed E-state index contributed by atoms with van der Waals surface area (Å²) in [4.78, 5) is 30.4. The van der Waals surface area contributed by atoms with Crippen molar-refractivity contribution in [3.05, 3.63) is 83.1 Å². The Morgan fingerprint density at radius 1 is 0.830 bits per heavy atom. The number of allylic oxidation sites excluding steroid dienone is 12. The van der Waals surface area contributed by atoms with E-state index in [1.165, 1.54) is 75.9 Å². The third-order valence-electron chi connectivity index (χ3n) is 11.7. The highest BCUT2D eigenvalue weighted by Gasteiger charge is 2.38. The molecule has 6 nitrogen and oxygen atoms in total. The van der Waals surface area contributed by atoms with E-state index < -0.39 is 0 Å². The van der Waals surface area contributed by atoms with Crippen LogP contribution >= 0.6 is 0 Å². The van der Waals surface area contributed by atoms with Gasteiger partial charge in [-0.05, 0) is 122 Å². The topological polar surface area (TPSA) is 64.7 Å². The summed E-state index contributed by atoms with van der Waals surface area (Å²) >= 11 is 0. The molecule has 0 saturated carbocycles. The standard InChI is InChI=1S/C41H60N4O2/c1-30(15-16-39(46)42-28-34-18-24-44-22-8-13-37(34)44)11-7-20-41(5)21-17-32(3)27-36(41)26-31(2)10-6-12-33(4)40(47)43-29-35-19-25-45-23-9-14-38(35)45/h6-7,10-12,15-16,20,26-27,34-38H,8-9,13-14,17-19,21-25,28-29H2,1-5H3,(H,42,46)(H,43,47). The van der Waals surface area contributed by atoms with Crippen molar-refractivity contribution >= 4 is 11.8 Å². The molecule has 47 heavy (non-hydrogen) atoms. The molecule has 2 amide bonds. The first-order valence-corrected chi connectivity index (χ1v) is 18.4. The van der Waals surface area contributed by atoms with Crippen LogP contribution in [-0.4, -0.2) is 73.0 Å². The SMILES string of the molecule is CC(C=CC(=O)NCC1CCN2CCCC12)=CC=CC1(C)CCC(C)=CC1C=C(C)C=CC=C(C)C(=O)NCC1CCN2CCCC12. The zero-order valence-electron chi connectivity index (χ0n) is 29.8. The maximum Gasteiger partial charge on any atom is 0.246 e. The Labute approximate surface area is 284 Å². The van der Waals surface area contributed by atoms with E-state index >= 15 is 0 Å². The van der Waals surface area contributed by atoms with Crippen molar-refractivity contribution < 1.29 is 9.59 Å². The molecular formula is C41H60N4O2. The van der Waals surface area contributed by atoms with Crippen molar-refractivity contribution in [2.24, 2.45) is 23.2 Å². The number of carbonyl (C=O) groups is 2. The smallest absolute Gasteiger partial charge is 0.246 e. The molecule has 2 N–H and O–H groups in total. The Hall–Kier alpha value is -2.96. The van der Waals surface area contributed by atoms with E-state index in [9.17, 15) is 9.59 Å². The molecule has 256 valence electrons. The Morgan fingerprint density at radius 3 is 2.17 bits per heavy atom. The minimum absolute atomic E-state index is 0.00174. The van der Waals surface area contributed by atoms with Gasteiger partial charge in [0.15, 0.2) is 0 Å². The highest BCUT2D eigenvalue weighted by atomic mass is 16.2. The van der Waals surface area contributed by atoms with Crippen molar-refractivity contribution in [1.82, 2.24) is 20.4 Å². The van der Waals surface area contributed by atoms with Crippen LogP contribution in [0, 0.1) is 23.2 Å². The van der Waals surface area contributed by atoms with Gasteiger partial charge in [0, 0.05) is 42.7 Å². The lowest BCUT2D eigenvalue weighted by Gasteiger charge is -2.36. The highest BCUT2D eigenvalue weighted by molar-refractivity contribution is 5.93. The van der Waals surface area contributed by atoms with Gasteiger partial charge in [-0.2, -0.15) is 0 Å². The molecular weight excluding hydrogens is 580 g/mol. The number of carbonyl (C=O) groups excluding carboxylic acids is 2. The van der Waals surface area contributed by atoms with Gasteiger partial charge in [-0.3, -0.25) is 9.59 Å². The van der Waals surface area contributed by atoms with Crippen LogP contribution < -0.4 is 10.6 Å². The summed E-state index contributed by atoms with van der Waals surface area (Å²) in [7, 11) is 0. The van der Waals surface area contributed by atoms with Gasteiger partial charge >= 0.3 is 0 Å². The fourth-order valence-electron chi connectivity index (χ4n) is 8.59. The molecule has 0 aromatic rings. The molecule has 4 saturated heterocycles. The number of hydrogen-bond acceptors (Lipinski definition) is 4. The van der Waals surface area contributed by atoms with Gasteiger partial charge in [-0.25, -0.2) is 0 Å². The van der Waals surface area contributed by atoms with E-state index in [2.05, 4.69) is 84.6 Å². The van der Waals surface area contributed by atoms with E-state index in [0.717, 1.165) is 37.1 Å². The van der Waals surface area contributed by atoms with Crippen molar-refractivity contribution in [2.45, 2.75) is 98.1 Å². The number of nitrogens with zero attached hydrogens (tertiary/aromatic N) is 2. The lowest BCUT2D eigenvalue weighted by atomic mass is 9.68. The molecule has 1 aliphatic carbocycles. The predicted molar refractivity (Wildman–Crippen MR) is 195 cm³/mol. The number of amides is 2. The highest BCUT2D eigenvalue weighted by Crippen LogP contribution is 2.42. The molecule has 0 spiro atoms. The summed E-state index contributed by atoms with van der Waals surface area (Å²) in [5.74, 6) is 1.52. The second-order valence-electron chi connectivity index (χ2n) is 15.3. The number of hydrogen-bond donors (Lipinski definition) is 2. The monoisotopic (exact) mass is 640 g/mol. The normalized spacial score (nSPS) is 32.5. The lowest BCUT2D eigenvalue weighted by molar-refractivity contribution is -0.118. The van der Waals surface area contributed by atoms with Crippen LogP contribution in [0.3, 0.4) is 0 Å². The maximum atomic E-state index is 12.8. The molecule has 6 heteroatoms. The quantitative estimate of drug-likeness (QED) is 0.136. The van der Waals surface area contributed by atoms with Gasteiger partial charge in [0.2, 0.25) is 11.8 Å². The van der Waals surface area contributed by atoms with E-state index in [4.69, 9.17) is 0 Å². The zero-order valence-corrected chi connectivity index (χ0v) is 29.8. The van der Waals surface area contributed by atoms with E-state index in [1.54, 1.807) is 6.08 Å². The molecule has 0 aromatic carbocycles. The van der Waals surface area contributed by atoms with Crippen LogP contribution in [0.25, 0.3) is 0 Å². The first-order valence-electron chi connectivity index (χ1n) is 18.4. The summed E-state index contributed by atoms with van der Waals surface area (Å²) in [5.41, 5.74) is 4.44. The Morgan fingerprint density at radius 2 is 1.49 bits per heavy atom. The minimum atomic E-state index is 0.00174. The molecule has 4 aliphatic heterocycles. The number of nitrogens with one attached hydrogen (secondary N) is 2. The van der Waals surface area contributed by atoms with Gasteiger partial charge in [0.1, 0.15) is 0 Å². The van der Waals surface area contributed by atoms with Crippen LogP contribution in [-0.2, 0) is 9.59 Å². The predicted octanol–water partition coefficient (Wildman–Crippen LogP) is 7.06. The fourth-order valence-corrected chi connectivity index (χ4v) is 8.59. The summed E-state index contributed by atoms with van der Waals surface area (Å²) in [6, 6.07) is 1.35. The molecule has 4 heterocycles. The Balaban J connectivity index is 1.10. The molecule has 0 bridgehead atoms. The van der Waals surface area contributed by atoms with Gasteiger partial charge in [0.25, 0.3) is 0 Å². The molecule has 5 rings (SSSR count). The van der Waals surface area contributed by atoms with E-state index in [-0.39, 0.29) is 23.1 Å². The van der Waals surface area contributed by atoms with Crippen molar-refractivity contribution in [2.75, 3.05) is 39.3 Å². The minimum Gasteiger partial charge on any atom is -0.352 e. The van der Waals surface area contributed by atoms with Crippen LogP contribution in [0.2, 0.25) is 0 Å². The van der Waals surface area contributed by atoms with Crippen LogP contribution in [0.4, 0.5) is 0 Å². The largest absolute Gasteiger partial charge is 0.352 e. The van der Waals surface area contributed by atoms with Gasteiger partial charge < -0.3 is 20.4 Å². The molecule has 0 radical (unpaired) electrons. The Bertz CT molecular complexity index is 1350. The number of rotatable bonds is 12. The second-order valence-corrected chi connectivity index (χ2v) is 15.3. The summed E-state index contributed by atoms with van der Waals surface area (Å²) in [6.07, 6.45) is 30.8. The number of fused-ring (bicyclic) bond motifs is 2. The van der Waals surface area contributed by atoms with Crippen LogP contribution in [0.5, 0.6) is 0 Å². The third-order valence-corrected chi connectivity index (χ3v) is 11.7. The zero-order chi connectivity index (χ0) is 33.4. The maximum absolute atomic E-state index is 12.8. The molecule has 6 unspecified atom stereocenters. The Kier molecular flexibility index (Phi) is 12.4. The van der Waals surface area contributed by atoms with Crippen LogP contribution in [0.15, 0.2) is 83.1 Å². The average molecular weight is 641 g/mol. The van der Waals surface area contributed by atoms with E-state index in [1.807, 2.05) is 25.2 Å². The van der Waals surface area contributed by atoms with Gasteiger partial charge in [-0.15, -0.1) is 0 Å². The fraction of sp³-hybridized carbons (Fsp3) is 0.610. The summed E-state index contributed by atoms with van der Waals surface area (Å²) < 4.78 is 0. The van der Waals surface area contributed by atoms with Gasteiger partial charge in [0.05, 0.1) is 0 Å². The van der Waals surface area contributed by atoms with Crippen molar-refractivity contribution in [1.29, 1.82) is 0 Å². The summed E-state index contributed by atoms with van der Waals surface area (Å²) in [6.45, 7) is 17.1. The molecule has 6 atom stereocenters.